The molecular weight excluding hydrogens is 301 g/mol. The largest absolute Gasteiger partial charge is 0.494 e. The fraction of sp³-hybridized carbons (Fsp3) is 0.235. The molecule has 0 fully saturated rings. The molecule has 23 heavy (non-hydrogen) atoms. The molecular formula is C17H18FNO4. The summed E-state index contributed by atoms with van der Waals surface area (Å²) in [5.41, 5.74) is 6.46. The Kier molecular flexibility index (Phi) is 5.54. The summed E-state index contributed by atoms with van der Waals surface area (Å²) in [5, 5.41) is 0. The van der Waals surface area contributed by atoms with Crippen LogP contribution in [0.5, 0.6) is 11.5 Å². The van der Waals surface area contributed by atoms with Gasteiger partial charge in [0.25, 0.3) is 0 Å². The SMILES string of the molecule is COC(=O)c1cc(OCCN)cc(-c2cccc(OC)c2F)c1. The van der Waals surface area contributed by atoms with E-state index in [2.05, 4.69) is 0 Å². The predicted molar refractivity (Wildman–Crippen MR) is 84.3 cm³/mol. The normalized spacial score (nSPS) is 10.3. The molecule has 0 spiro atoms. The zero-order valence-corrected chi connectivity index (χ0v) is 13.0. The van der Waals surface area contributed by atoms with E-state index in [1.54, 1.807) is 24.3 Å². The van der Waals surface area contributed by atoms with E-state index in [1.165, 1.54) is 26.4 Å². The number of hydrogen-bond donors (Lipinski definition) is 1. The summed E-state index contributed by atoms with van der Waals surface area (Å²) in [6, 6.07) is 9.50. The van der Waals surface area contributed by atoms with Crippen LogP contribution in [-0.2, 0) is 4.74 Å². The quantitative estimate of drug-likeness (QED) is 0.829. The van der Waals surface area contributed by atoms with E-state index in [0.717, 1.165) is 0 Å². The van der Waals surface area contributed by atoms with Gasteiger partial charge in [0.05, 0.1) is 19.8 Å². The molecule has 122 valence electrons. The van der Waals surface area contributed by atoms with Gasteiger partial charge in [-0.1, -0.05) is 12.1 Å². The molecule has 0 unspecified atom stereocenters. The second-order valence-corrected chi connectivity index (χ2v) is 4.70. The number of ether oxygens (including phenoxy) is 3. The highest BCUT2D eigenvalue weighted by atomic mass is 19.1. The summed E-state index contributed by atoms with van der Waals surface area (Å²) in [5.74, 6) is -0.513. The Morgan fingerprint density at radius 2 is 2.00 bits per heavy atom. The zero-order valence-electron chi connectivity index (χ0n) is 13.0. The van der Waals surface area contributed by atoms with Crippen molar-refractivity contribution in [2.45, 2.75) is 0 Å². The topological polar surface area (TPSA) is 70.8 Å². The van der Waals surface area contributed by atoms with Crippen LogP contribution < -0.4 is 15.2 Å². The van der Waals surface area contributed by atoms with Crippen LogP contribution in [0.15, 0.2) is 36.4 Å². The van der Waals surface area contributed by atoms with Gasteiger partial charge in [-0.25, -0.2) is 9.18 Å². The van der Waals surface area contributed by atoms with Gasteiger partial charge in [0, 0.05) is 12.1 Å². The second kappa shape index (κ2) is 7.60. The monoisotopic (exact) mass is 319 g/mol. The average Bonchev–Trinajstić information content (AvgIpc) is 2.59. The molecule has 2 rings (SSSR count). The molecule has 6 heteroatoms. The first-order valence-corrected chi connectivity index (χ1v) is 6.99. The highest BCUT2D eigenvalue weighted by Gasteiger charge is 2.15. The van der Waals surface area contributed by atoms with Gasteiger partial charge in [-0.05, 0) is 29.8 Å². The number of benzene rings is 2. The van der Waals surface area contributed by atoms with E-state index in [9.17, 15) is 9.18 Å². The van der Waals surface area contributed by atoms with E-state index >= 15 is 0 Å². The number of hydrogen-bond acceptors (Lipinski definition) is 5. The molecule has 0 saturated carbocycles. The van der Waals surface area contributed by atoms with Crippen molar-refractivity contribution in [2.24, 2.45) is 5.73 Å². The van der Waals surface area contributed by atoms with E-state index < -0.39 is 11.8 Å². The van der Waals surface area contributed by atoms with Gasteiger partial charge in [0.2, 0.25) is 0 Å². The average molecular weight is 319 g/mol. The van der Waals surface area contributed by atoms with Crippen molar-refractivity contribution in [3.8, 4) is 22.6 Å². The summed E-state index contributed by atoms with van der Waals surface area (Å²) in [7, 11) is 2.67. The lowest BCUT2D eigenvalue weighted by molar-refractivity contribution is 0.0600. The molecule has 2 aromatic carbocycles. The summed E-state index contributed by atoms with van der Waals surface area (Å²) in [4.78, 5) is 11.8. The summed E-state index contributed by atoms with van der Waals surface area (Å²) < 4.78 is 29.6. The molecule has 0 aliphatic rings. The molecule has 0 aliphatic carbocycles. The Morgan fingerprint density at radius 3 is 2.65 bits per heavy atom. The Labute approximate surface area is 133 Å². The second-order valence-electron chi connectivity index (χ2n) is 4.70. The molecule has 0 aromatic heterocycles. The molecule has 0 radical (unpaired) electrons. The van der Waals surface area contributed by atoms with Crippen LogP contribution in [0.3, 0.4) is 0 Å². The minimum atomic E-state index is -0.534. The molecule has 0 bridgehead atoms. The highest BCUT2D eigenvalue weighted by Crippen LogP contribution is 2.32. The van der Waals surface area contributed by atoms with Crippen molar-refractivity contribution in [3.05, 3.63) is 47.8 Å². The van der Waals surface area contributed by atoms with E-state index in [4.69, 9.17) is 19.9 Å². The van der Waals surface area contributed by atoms with E-state index in [1.807, 2.05) is 0 Å². The molecule has 0 aliphatic heterocycles. The van der Waals surface area contributed by atoms with Crippen molar-refractivity contribution in [1.82, 2.24) is 0 Å². The zero-order chi connectivity index (χ0) is 16.8. The van der Waals surface area contributed by atoms with Gasteiger partial charge < -0.3 is 19.9 Å². The summed E-state index contributed by atoms with van der Waals surface area (Å²) >= 11 is 0. The first-order valence-electron chi connectivity index (χ1n) is 6.99. The predicted octanol–water partition coefficient (Wildman–Crippen LogP) is 2.63. The number of nitrogens with two attached hydrogens (primary N) is 1. The van der Waals surface area contributed by atoms with Crippen LogP contribution in [0.4, 0.5) is 4.39 Å². The first-order chi connectivity index (χ1) is 11.1. The van der Waals surface area contributed by atoms with Crippen molar-refractivity contribution in [1.29, 1.82) is 0 Å². The summed E-state index contributed by atoms with van der Waals surface area (Å²) in [6.45, 7) is 0.607. The van der Waals surface area contributed by atoms with Crippen LogP contribution >= 0.6 is 0 Å². The van der Waals surface area contributed by atoms with Gasteiger partial charge in [0.15, 0.2) is 11.6 Å². The van der Waals surface area contributed by atoms with Crippen molar-refractivity contribution in [3.63, 3.8) is 0 Å². The smallest absolute Gasteiger partial charge is 0.338 e. The number of rotatable bonds is 6. The lowest BCUT2D eigenvalue weighted by Gasteiger charge is -2.12. The third kappa shape index (κ3) is 3.78. The number of esters is 1. The Bertz CT molecular complexity index is 703. The maximum absolute atomic E-state index is 14.5. The standard InChI is InChI=1S/C17H18FNO4/c1-21-15-5-3-4-14(16(15)18)11-8-12(17(20)22-2)10-13(9-11)23-7-6-19/h3-5,8-10H,6-7,19H2,1-2H3. The van der Waals surface area contributed by atoms with Crippen LogP contribution in [0.2, 0.25) is 0 Å². The lowest BCUT2D eigenvalue weighted by atomic mass is 10.0. The van der Waals surface area contributed by atoms with E-state index in [-0.39, 0.29) is 17.9 Å². The maximum Gasteiger partial charge on any atom is 0.338 e. The molecule has 2 N–H and O–H groups in total. The van der Waals surface area contributed by atoms with Crippen LogP contribution in [0.1, 0.15) is 10.4 Å². The van der Waals surface area contributed by atoms with Crippen LogP contribution in [-0.4, -0.2) is 33.3 Å². The van der Waals surface area contributed by atoms with Crippen LogP contribution in [0.25, 0.3) is 11.1 Å². The molecule has 5 nitrogen and oxygen atoms in total. The van der Waals surface area contributed by atoms with Crippen molar-refractivity contribution < 1.29 is 23.4 Å². The first kappa shape index (κ1) is 16.8. The third-order valence-corrected chi connectivity index (χ3v) is 3.21. The maximum atomic E-state index is 14.5. The molecule has 0 amide bonds. The van der Waals surface area contributed by atoms with Crippen molar-refractivity contribution >= 4 is 5.97 Å². The Balaban J connectivity index is 2.54. The fourth-order valence-corrected chi connectivity index (χ4v) is 2.14. The van der Waals surface area contributed by atoms with Crippen LogP contribution in [0, 0.1) is 5.82 Å². The number of carbonyl (C=O) groups is 1. The van der Waals surface area contributed by atoms with Gasteiger partial charge in [-0.15, -0.1) is 0 Å². The Hall–Kier alpha value is -2.60. The molecule has 0 saturated heterocycles. The molecule has 0 atom stereocenters. The minimum absolute atomic E-state index is 0.121. The molecule has 2 aromatic rings. The van der Waals surface area contributed by atoms with Gasteiger partial charge in [-0.2, -0.15) is 0 Å². The third-order valence-electron chi connectivity index (χ3n) is 3.21. The van der Waals surface area contributed by atoms with Crippen molar-refractivity contribution in [2.75, 3.05) is 27.4 Å². The van der Waals surface area contributed by atoms with Gasteiger partial charge in [-0.3, -0.25) is 0 Å². The highest BCUT2D eigenvalue weighted by molar-refractivity contribution is 5.91. The van der Waals surface area contributed by atoms with Gasteiger partial charge >= 0.3 is 5.97 Å². The molecule has 0 heterocycles. The number of carbonyl (C=O) groups excluding carboxylic acids is 1. The number of halogens is 1. The number of methoxy groups -OCH3 is 2. The fourth-order valence-electron chi connectivity index (χ4n) is 2.14. The van der Waals surface area contributed by atoms with E-state index in [0.29, 0.717) is 23.4 Å². The minimum Gasteiger partial charge on any atom is -0.494 e. The van der Waals surface area contributed by atoms with Gasteiger partial charge in [0.1, 0.15) is 12.4 Å². The lowest BCUT2D eigenvalue weighted by Crippen LogP contribution is -2.11. The Morgan fingerprint density at radius 1 is 1.22 bits per heavy atom. The summed E-state index contributed by atoms with van der Waals surface area (Å²) in [6.07, 6.45) is 0.